The lowest BCUT2D eigenvalue weighted by molar-refractivity contribution is 0.0996. The van der Waals surface area contributed by atoms with Gasteiger partial charge in [-0.1, -0.05) is 18.2 Å². The summed E-state index contributed by atoms with van der Waals surface area (Å²) in [7, 11) is 0. The van der Waals surface area contributed by atoms with E-state index in [4.69, 9.17) is 16.0 Å². The van der Waals surface area contributed by atoms with Crippen LogP contribution in [0.3, 0.4) is 0 Å². The fraction of sp³-hybridized carbons (Fsp3) is 0.167. The van der Waals surface area contributed by atoms with Crippen molar-refractivity contribution >= 4 is 23.2 Å². The van der Waals surface area contributed by atoms with Gasteiger partial charge in [0.15, 0.2) is 6.39 Å². The number of benzene rings is 1. The lowest BCUT2D eigenvalue weighted by Crippen LogP contribution is -2.13. The highest BCUT2D eigenvalue weighted by Gasteiger charge is 2.14. The summed E-state index contributed by atoms with van der Waals surface area (Å²) in [5, 5.41) is 2.75. The number of hydrogen-bond acceptors (Lipinski definition) is 3. The first-order valence-corrected chi connectivity index (χ1v) is 5.61. The molecule has 0 aliphatic heterocycles. The third-order valence-corrected chi connectivity index (χ3v) is 2.65. The number of amides is 1. The molecule has 1 aromatic carbocycles. The number of carbonyl (C=O) groups excluding carboxylic acids is 1. The summed E-state index contributed by atoms with van der Waals surface area (Å²) in [6.07, 6.45) is 1.25. The first-order chi connectivity index (χ1) is 8.22. The molecular formula is C12H11ClN2O2. The van der Waals surface area contributed by atoms with Crippen LogP contribution in [0.25, 0.3) is 0 Å². The molecule has 1 N–H and O–H groups in total. The van der Waals surface area contributed by atoms with E-state index >= 15 is 0 Å². The van der Waals surface area contributed by atoms with Crippen LogP contribution in [0.15, 0.2) is 35.1 Å². The number of nitrogens with zero attached hydrogens (tertiary/aromatic N) is 1. The van der Waals surface area contributed by atoms with E-state index < -0.39 is 0 Å². The van der Waals surface area contributed by atoms with Crippen LogP contribution >= 0.6 is 11.6 Å². The monoisotopic (exact) mass is 250 g/mol. The van der Waals surface area contributed by atoms with Gasteiger partial charge >= 0.3 is 0 Å². The zero-order valence-corrected chi connectivity index (χ0v) is 9.99. The minimum Gasteiger partial charge on any atom is -0.438 e. The Bertz CT molecular complexity index is 537. The molecule has 88 valence electrons. The van der Waals surface area contributed by atoms with Gasteiger partial charge in [-0.15, -0.1) is 11.6 Å². The highest BCUT2D eigenvalue weighted by Crippen LogP contribution is 2.18. The number of hydrogen-bond donors (Lipinski definition) is 1. The summed E-state index contributed by atoms with van der Waals surface area (Å²) >= 11 is 5.78. The molecule has 1 amide bonds. The van der Waals surface area contributed by atoms with Crippen LogP contribution in [0.1, 0.15) is 21.8 Å². The van der Waals surface area contributed by atoms with Crippen molar-refractivity contribution < 1.29 is 9.21 Å². The Morgan fingerprint density at radius 3 is 2.88 bits per heavy atom. The second-order valence-corrected chi connectivity index (χ2v) is 3.78. The molecule has 1 aromatic heterocycles. The number of nitrogens with one attached hydrogen (secondary N) is 1. The Balaban J connectivity index is 2.22. The van der Waals surface area contributed by atoms with Crippen molar-refractivity contribution in [3.63, 3.8) is 0 Å². The van der Waals surface area contributed by atoms with Gasteiger partial charge in [-0.05, 0) is 18.6 Å². The van der Waals surface area contributed by atoms with Crippen LogP contribution in [0.2, 0.25) is 0 Å². The molecule has 0 fully saturated rings. The van der Waals surface area contributed by atoms with Crippen molar-refractivity contribution in [2.45, 2.75) is 12.8 Å². The standard InChI is InChI=1S/C12H11ClN2O2/c1-8-11(17-7-14-8)12(16)15-10-5-3-2-4-9(10)6-13/h2-5,7H,6H2,1H3,(H,15,16). The maximum absolute atomic E-state index is 11.9. The van der Waals surface area contributed by atoms with E-state index in [1.165, 1.54) is 6.39 Å². The molecule has 1 heterocycles. The average Bonchev–Trinajstić information content (AvgIpc) is 2.76. The van der Waals surface area contributed by atoms with E-state index in [-0.39, 0.29) is 11.7 Å². The predicted molar refractivity (Wildman–Crippen MR) is 65.2 cm³/mol. The number of carbonyl (C=O) groups is 1. The maximum atomic E-state index is 11.9. The molecule has 0 radical (unpaired) electrons. The molecule has 0 saturated carbocycles. The van der Waals surface area contributed by atoms with Crippen molar-refractivity contribution in [1.82, 2.24) is 4.98 Å². The molecule has 17 heavy (non-hydrogen) atoms. The molecular weight excluding hydrogens is 240 g/mol. The Hall–Kier alpha value is -1.81. The lowest BCUT2D eigenvalue weighted by atomic mass is 10.2. The SMILES string of the molecule is Cc1ncoc1C(=O)Nc1ccccc1CCl. The molecule has 0 spiro atoms. The van der Waals surface area contributed by atoms with Gasteiger partial charge in [0, 0.05) is 11.6 Å². The zero-order valence-electron chi connectivity index (χ0n) is 9.24. The van der Waals surface area contributed by atoms with Crippen molar-refractivity contribution in [1.29, 1.82) is 0 Å². The predicted octanol–water partition coefficient (Wildman–Crippen LogP) is 2.97. The largest absolute Gasteiger partial charge is 0.438 e. The second-order valence-electron chi connectivity index (χ2n) is 3.51. The van der Waals surface area contributed by atoms with Crippen LogP contribution in [0.4, 0.5) is 5.69 Å². The third-order valence-electron chi connectivity index (χ3n) is 2.36. The number of anilines is 1. The first-order valence-electron chi connectivity index (χ1n) is 5.07. The Labute approximate surface area is 104 Å². The number of aromatic nitrogens is 1. The summed E-state index contributed by atoms with van der Waals surface area (Å²) in [4.78, 5) is 15.7. The molecule has 0 saturated heterocycles. The minimum absolute atomic E-state index is 0.217. The Morgan fingerprint density at radius 1 is 1.47 bits per heavy atom. The first kappa shape index (κ1) is 11.7. The van der Waals surface area contributed by atoms with Gasteiger partial charge in [-0.2, -0.15) is 0 Å². The molecule has 5 heteroatoms. The smallest absolute Gasteiger partial charge is 0.293 e. The highest BCUT2D eigenvalue weighted by atomic mass is 35.5. The van der Waals surface area contributed by atoms with Crippen LogP contribution < -0.4 is 5.32 Å². The van der Waals surface area contributed by atoms with E-state index in [0.717, 1.165) is 5.56 Å². The summed E-state index contributed by atoms with van der Waals surface area (Å²) in [5.74, 6) is 0.234. The average molecular weight is 251 g/mol. The molecule has 0 bridgehead atoms. The number of alkyl halides is 1. The van der Waals surface area contributed by atoms with E-state index in [2.05, 4.69) is 10.3 Å². The van der Waals surface area contributed by atoms with Gasteiger partial charge in [-0.3, -0.25) is 4.79 Å². The number of aryl methyl sites for hydroxylation is 1. The second kappa shape index (κ2) is 5.01. The van der Waals surface area contributed by atoms with Crippen molar-refractivity contribution in [3.8, 4) is 0 Å². The Kier molecular flexibility index (Phi) is 3.44. The third kappa shape index (κ3) is 2.47. The molecule has 0 atom stereocenters. The maximum Gasteiger partial charge on any atom is 0.293 e. The van der Waals surface area contributed by atoms with E-state index in [9.17, 15) is 4.79 Å². The van der Waals surface area contributed by atoms with Gasteiger partial charge in [0.25, 0.3) is 5.91 Å². The normalized spacial score (nSPS) is 10.2. The number of halogens is 1. The number of rotatable bonds is 3. The van der Waals surface area contributed by atoms with Gasteiger partial charge in [0.2, 0.25) is 5.76 Å². The van der Waals surface area contributed by atoms with Crippen molar-refractivity contribution in [2.24, 2.45) is 0 Å². The summed E-state index contributed by atoms with van der Waals surface area (Å²) in [6.45, 7) is 1.71. The molecule has 0 aliphatic carbocycles. The van der Waals surface area contributed by atoms with Gasteiger partial charge in [0.1, 0.15) is 0 Å². The van der Waals surface area contributed by atoms with Crippen LogP contribution in [-0.2, 0) is 5.88 Å². The lowest BCUT2D eigenvalue weighted by Gasteiger charge is -2.07. The van der Waals surface area contributed by atoms with Crippen LogP contribution in [0.5, 0.6) is 0 Å². The summed E-state index contributed by atoms with van der Waals surface area (Å²) in [5.41, 5.74) is 2.11. The summed E-state index contributed by atoms with van der Waals surface area (Å²) in [6, 6.07) is 7.35. The van der Waals surface area contributed by atoms with Crippen molar-refractivity contribution in [3.05, 3.63) is 47.7 Å². The molecule has 0 unspecified atom stereocenters. The Morgan fingerprint density at radius 2 is 2.24 bits per heavy atom. The van der Waals surface area contributed by atoms with Gasteiger partial charge < -0.3 is 9.73 Å². The fourth-order valence-corrected chi connectivity index (χ4v) is 1.69. The van der Waals surface area contributed by atoms with E-state index in [1.807, 2.05) is 18.2 Å². The highest BCUT2D eigenvalue weighted by molar-refractivity contribution is 6.17. The topological polar surface area (TPSA) is 55.1 Å². The fourth-order valence-electron chi connectivity index (χ4n) is 1.46. The molecule has 4 nitrogen and oxygen atoms in total. The van der Waals surface area contributed by atoms with E-state index in [0.29, 0.717) is 17.3 Å². The van der Waals surface area contributed by atoms with Crippen LogP contribution in [0, 0.1) is 6.92 Å². The van der Waals surface area contributed by atoms with Gasteiger partial charge in [-0.25, -0.2) is 4.98 Å². The zero-order chi connectivity index (χ0) is 12.3. The van der Waals surface area contributed by atoms with Crippen LogP contribution in [-0.4, -0.2) is 10.9 Å². The number of para-hydroxylation sites is 1. The number of oxazole rings is 1. The summed E-state index contributed by atoms with van der Waals surface area (Å²) < 4.78 is 5.02. The molecule has 2 rings (SSSR count). The van der Waals surface area contributed by atoms with Gasteiger partial charge in [0.05, 0.1) is 5.69 Å². The minimum atomic E-state index is -0.322. The van der Waals surface area contributed by atoms with E-state index in [1.54, 1.807) is 13.0 Å². The van der Waals surface area contributed by atoms with Crippen molar-refractivity contribution in [2.75, 3.05) is 5.32 Å². The quantitative estimate of drug-likeness (QED) is 0.852. The molecule has 0 aliphatic rings. The molecule has 2 aromatic rings.